The first kappa shape index (κ1) is 18.8. The van der Waals surface area contributed by atoms with Crippen LogP contribution in [0.25, 0.3) is 10.9 Å². The molecule has 1 aromatic heterocycles. The molecule has 2 rings (SSSR count). The van der Waals surface area contributed by atoms with Crippen LogP contribution in [0, 0.1) is 6.92 Å². The topological polar surface area (TPSA) is 33.1 Å². The lowest BCUT2D eigenvalue weighted by molar-refractivity contribution is 0.470. The molecule has 0 fully saturated rings. The fourth-order valence-electron chi connectivity index (χ4n) is 3.32. The molecule has 1 heterocycles. The van der Waals surface area contributed by atoms with Gasteiger partial charge in [0.25, 0.3) is 0 Å². The highest BCUT2D eigenvalue weighted by atomic mass is 16.3. The van der Waals surface area contributed by atoms with Gasteiger partial charge in [-0.1, -0.05) is 82.9 Å². The molecule has 2 aromatic rings. The molecule has 0 unspecified atom stereocenters. The summed E-state index contributed by atoms with van der Waals surface area (Å²) in [6, 6.07) is 8.15. The minimum Gasteiger partial charge on any atom is -0.505 e. The monoisotopic (exact) mass is 327 g/mol. The van der Waals surface area contributed by atoms with Crippen LogP contribution in [0.3, 0.4) is 0 Å². The van der Waals surface area contributed by atoms with Crippen LogP contribution in [-0.4, -0.2) is 10.1 Å². The Morgan fingerprint density at radius 2 is 1.38 bits per heavy atom. The first-order valence-corrected chi connectivity index (χ1v) is 9.80. The van der Waals surface area contributed by atoms with Crippen molar-refractivity contribution in [3.63, 3.8) is 0 Å². The molecule has 2 nitrogen and oxygen atoms in total. The molecule has 24 heavy (non-hydrogen) atoms. The number of benzene rings is 1. The van der Waals surface area contributed by atoms with Gasteiger partial charge in [0.1, 0.15) is 11.3 Å². The minimum absolute atomic E-state index is 0.382. The largest absolute Gasteiger partial charge is 0.505 e. The Morgan fingerprint density at radius 3 is 2.04 bits per heavy atom. The number of phenolic OH excluding ortho intramolecular Hbond substituents is 1. The lowest BCUT2D eigenvalue weighted by atomic mass is 10.0. The van der Waals surface area contributed by atoms with Gasteiger partial charge < -0.3 is 5.11 Å². The molecule has 0 aliphatic heterocycles. The van der Waals surface area contributed by atoms with Gasteiger partial charge in [0.2, 0.25) is 0 Å². The zero-order chi connectivity index (χ0) is 17.2. The normalized spacial score (nSPS) is 11.2. The van der Waals surface area contributed by atoms with Crippen LogP contribution >= 0.6 is 0 Å². The molecule has 0 radical (unpaired) electrons. The van der Waals surface area contributed by atoms with Crippen molar-refractivity contribution >= 4 is 10.9 Å². The van der Waals surface area contributed by atoms with Gasteiger partial charge in [0, 0.05) is 11.1 Å². The van der Waals surface area contributed by atoms with Crippen LogP contribution in [0.4, 0.5) is 0 Å². The third-order valence-electron chi connectivity index (χ3n) is 4.86. The van der Waals surface area contributed by atoms with Gasteiger partial charge >= 0.3 is 0 Å². The van der Waals surface area contributed by atoms with Crippen LogP contribution < -0.4 is 0 Å². The average Bonchev–Trinajstić information content (AvgIpc) is 2.59. The van der Waals surface area contributed by atoms with E-state index < -0.39 is 0 Å². The van der Waals surface area contributed by atoms with Crippen molar-refractivity contribution in [3.8, 4) is 5.75 Å². The van der Waals surface area contributed by atoms with Gasteiger partial charge in [-0.3, -0.25) is 0 Å². The van der Waals surface area contributed by atoms with Gasteiger partial charge in [-0.25, -0.2) is 4.98 Å². The molecular formula is C22H33NO. The molecule has 0 bridgehead atoms. The lowest BCUT2D eigenvalue weighted by Crippen LogP contribution is -1.91. The van der Waals surface area contributed by atoms with E-state index in [1.807, 2.05) is 19.1 Å². The van der Waals surface area contributed by atoms with E-state index in [-0.39, 0.29) is 0 Å². The summed E-state index contributed by atoms with van der Waals surface area (Å²) in [5.74, 6) is 0.382. The molecule has 0 aliphatic rings. The second kappa shape index (κ2) is 10.3. The quantitative estimate of drug-likeness (QED) is 0.465. The summed E-state index contributed by atoms with van der Waals surface area (Å²) in [5.41, 5.74) is 2.74. The Kier molecular flexibility index (Phi) is 8.07. The van der Waals surface area contributed by atoms with E-state index in [0.29, 0.717) is 5.75 Å². The predicted octanol–water partition coefficient (Wildman–Crippen LogP) is 6.71. The van der Waals surface area contributed by atoms with Crippen LogP contribution in [0.15, 0.2) is 24.3 Å². The van der Waals surface area contributed by atoms with Gasteiger partial charge in [0.05, 0.1) is 0 Å². The second-order valence-corrected chi connectivity index (χ2v) is 7.03. The molecule has 0 aliphatic carbocycles. The number of hydrogen-bond donors (Lipinski definition) is 1. The van der Waals surface area contributed by atoms with Crippen molar-refractivity contribution in [1.82, 2.24) is 4.98 Å². The first-order valence-electron chi connectivity index (χ1n) is 9.80. The highest BCUT2D eigenvalue weighted by molar-refractivity contribution is 5.85. The van der Waals surface area contributed by atoms with Crippen LogP contribution in [0.5, 0.6) is 5.75 Å². The van der Waals surface area contributed by atoms with Gasteiger partial charge in [0.15, 0.2) is 0 Å². The Labute approximate surface area is 147 Å². The zero-order valence-electron chi connectivity index (χ0n) is 15.5. The zero-order valence-corrected chi connectivity index (χ0v) is 15.5. The summed E-state index contributed by atoms with van der Waals surface area (Å²) in [4.78, 5) is 4.49. The first-order chi connectivity index (χ1) is 11.7. The summed E-state index contributed by atoms with van der Waals surface area (Å²) >= 11 is 0. The van der Waals surface area contributed by atoms with E-state index in [9.17, 15) is 5.11 Å². The number of unbranched alkanes of at least 4 members (excludes halogenated alkanes) is 9. The highest BCUT2D eigenvalue weighted by Gasteiger charge is 2.07. The number of hydrogen-bond acceptors (Lipinski definition) is 2. The van der Waals surface area contributed by atoms with E-state index in [0.717, 1.165) is 35.0 Å². The average molecular weight is 328 g/mol. The molecule has 1 N–H and O–H groups in total. The molecule has 0 saturated carbocycles. The van der Waals surface area contributed by atoms with Crippen molar-refractivity contribution in [3.05, 3.63) is 35.5 Å². The number of aryl methyl sites for hydroxylation is 2. The Bertz CT molecular complexity index is 621. The van der Waals surface area contributed by atoms with Gasteiger partial charge in [-0.15, -0.1) is 0 Å². The van der Waals surface area contributed by atoms with Crippen molar-refractivity contribution in [2.75, 3.05) is 0 Å². The van der Waals surface area contributed by atoms with Crippen LogP contribution in [0.1, 0.15) is 82.4 Å². The third kappa shape index (κ3) is 5.81. The molecular weight excluding hydrogens is 294 g/mol. The predicted molar refractivity (Wildman–Crippen MR) is 104 cm³/mol. The van der Waals surface area contributed by atoms with E-state index in [1.54, 1.807) is 0 Å². The van der Waals surface area contributed by atoms with Crippen molar-refractivity contribution in [1.29, 1.82) is 0 Å². The summed E-state index contributed by atoms with van der Waals surface area (Å²) < 4.78 is 0. The number of fused-ring (bicyclic) bond motifs is 1. The molecule has 1 aromatic carbocycles. The maximum Gasteiger partial charge on any atom is 0.144 e. The number of nitrogens with zero attached hydrogens (tertiary/aromatic N) is 1. The minimum atomic E-state index is 0.382. The van der Waals surface area contributed by atoms with E-state index in [2.05, 4.69) is 24.0 Å². The van der Waals surface area contributed by atoms with Crippen molar-refractivity contribution in [2.45, 2.75) is 84.5 Å². The van der Waals surface area contributed by atoms with E-state index in [1.165, 1.54) is 57.8 Å². The van der Waals surface area contributed by atoms with Gasteiger partial charge in [-0.2, -0.15) is 0 Å². The number of aromatic nitrogens is 1. The molecule has 0 atom stereocenters. The lowest BCUT2D eigenvalue weighted by Gasteiger charge is -2.08. The van der Waals surface area contributed by atoms with Gasteiger partial charge in [-0.05, 0) is 31.4 Å². The number of pyridine rings is 1. The summed E-state index contributed by atoms with van der Waals surface area (Å²) in [6.45, 7) is 4.23. The molecule has 2 heteroatoms. The van der Waals surface area contributed by atoms with Crippen molar-refractivity contribution in [2.24, 2.45) is 0 Å². The van der Waals surface area contributed by atoms with Crippen LogP contribution in [-0.2, 0) is 6.42 Å². The molecule has 0 saturated heterocycles. The number of phenols is 1. The number of rotatable bonds is 11. The maximum absolute atomic E-state index is 10.5. The third-order valence-corrected chi connectivity index (χ3v) is 4.86. The molecule has 132 valence electrons. The van der Waals surface area contributed by atoms with Crippen LogP contribution in [0.2, 0.25) is 0 Å². The summed E-state index contributed by atoms with van der Waals surface area (Å²) in [7, 11) is 0. The smallest absolute Gasteiger partial charge is 0.144 e. The van der Waals surface area contributed by atoms with E-state index >= 15 is 0 Å². The fraction of sp³-hybridized carbons (Fsp3) is 0.591. The van der Waals surface area contributed by atoms with E-state index in [4.69, 9.17) is 0 Å². The van der Waals surface area contributed by atoms with Crippen molar-refractivity contribution < 1.29 is 5.11 Å². The fourth-order valence-corrected chi connectivity index (χ4v) is 3.32. The molecule has 0 spiro atoms. The standard InChI is InChI=1S/C22H33NO/c1-3-4-5-6-7-8-9-10-11-12-13-20-17-16-19-15-14-18(2)23-21(19)22(20)24/h14-17,24H,3-13H2,1-2H3. The SMILES string of the molecule is CCCCCCCCCCCCc1ccc2ccc(C)nc2c1O. The Morgan fingerprint density at radius 1 is 0.792 bits per heavy atom. The Balaban J connectivity index is 1.68. The summed E-state index contributed by atoms with van der Waals surface area (Å²) in [5, 5.41) is 11.5. The number of aromatic hydroxyl groups is 1. The highest BCUT2D eigenvalue weighted by Crippen LogP contribution is 2.28. The Hall–Kier alpha value is -1.57. The second-order valence-electron chi connectivity index (χ2n) is 7.03. The summed E-state index contributed by atoms with van der Waals surface area (Å²) in [6.07, 6.45) is 14.4. The molecule has 0 amide bonds. The maximum atomic E-state index is 10.5.